The van der Waals surface area contributed by atoms with Crippen molar-refractivity contribution in [3.8, 4) is 5.75 Å². The number of hydrogen-bond acceptors (Lipinski definition) is 7. The highest BCUT2D eigenvalue weighted by molar-refractivity contribution is 5.78. The number of allylic oxidation sites excluding steroid dienone is 1. The van der Waals surface area contributed by atoms with Crippen molar-refractivity contribution >= 4 is 18.3 Å². The molecule has 9 heteroatoms. The molecule has 0 aromatic heterocycles. The van der Waals surface area contributed by atoms with E-state index in [1.54, 1.807) is 24.3 Å². The van der Waals surface area contributed by atoms with Crippen LogP contribution >= 0.6 is 0 Å². The van der Waals surface area contributed by atoms with Crippen LogP contribution in [-0.2, 0) is 37.0 Å². The van der Waals surface area contributed by atoms with E-state index in [0.717, 1.165) is 42.1 Å². The lowest BCUT2D eigenvalue weighted by Gasteiger charge is -2.36. The number of piperidine rings is 1. The zero-order valence-corrected chi connectivity index (χ0v) is 23.5. The van der Waals surface area contributed by atoms with Crippen LogP contribution in [0.5, 0.6) is 5.75 Å². The first-order valence-corrected chi connectivity index (χ1v) is 13.6. The number of carbonyl (C=O) groups is 3. The summed E-state index contributed by atoms with van der Waals surface area (Å²) < 4.78 is 11.5. The molecule has 2 aromatic rings. The molecule has 2 aromatic carbocycles. The van der Waals surface area contributed by atoms with Crippen LogP contribution in [-0.4, -0.2) is 59.9 Å². The van der Waals surface area contributed by atoms with Crippen molar-refractivity contribution in [3.05, 3.63) is 77.9 Å². The minimum absolute atomic E-state index is 0.0741. The molecule has 1 heterocycles. The second kappa shape index (κ2) is 14.6. The Morgan fingerprint density at radius 3 is 2.30 bits per heavy atom. The summed E-state index contributed by atoms with van der Waals surface area (Å²) in [5.41, 5.74) is 0.483. The van der Waals surface area contributed by atoms with Gasteiger partial charge in [0.15, 0.2) is 6.04 Å². The highest BCUT2D eigenvalue weighted by Gasteiger charge is 2.41. The van der Waals surface area contributed by atoms with Gasteiger partial charge in [0.2, 0.25) is 6.41 Å². The molecule has 0 saturated carbocycles. The molecule has 40 heavy (non-hydrogen) atoms. The van der Waals surface area contributed by atoms with Crippen molar-refractivity contribution in [2.75, 3.05) is 19.7 Å². The first-order valence-electron chi connectivity index (χ1n) is 13.6. The molecule has 216 valence electrons. The van der Waals surface area contributed by atoms with Crippen LogP contribution in [0.4, 0.5) is 0 Å². The molecular weight excluding hydrogens is 512 g/mol. The second-order valence-corrected chi connectivity index (χ2v) is 10.9. The van der Waals surface area contributed by atoms with Gasteiger partial charge in [-0.25, -0.2) is 9.86 Å². The number of nitrogens with one attached hydrogen (secondary N) is 1. The summed E-state index contributed by atoms with van der Waals surface area (Å²) in [6.45, 7) is 7.62. The maximum atomic E-state index is 13.0. The number of hydroxylamine groups is 2. The molecule has 1 fully saturated rings. The lowest BCUT2D eigenvalue weighted by molar-refractivity contribution is -0.200. The fraction of sp³-hybridized carbons (Fsp3) is 0.452. The Balaban J connectivity index is 1.52. The van der Waals surface area contributed by atoms with Gasteiger partial charge in [-0.1, -0.05) is 54.6 Å². The first-order chi connectivity index (χ1) is 19.1. The number of hydrogen-bond donors (Lipinski definition) is 2. The Hall–Kier alpha value is -3.69. The van der Waals surface area contributed by atoms with Gasteiger partial charge in [0, 0.05) is 6.42 Å². The molecule has 1 amide bonds. The molecule has 0 spiro atoms. The fourth-order valence-corrected chi connectivity index (χ4v) is 4.45. The van der Waals surface area contributed by atoms with Gasteiger partial charge in [-0.3, -0.25) is 14.4 Å². The smallest absolute Gasteiger partial charge is 0.329 e. The number of benzene rings is 2. The van der Waals surface area contributed by atoms with Gasteiger partial charge in [-0.15, -0.1) is 0 Å². The Morgan fingerprint density at radius 2 is 1.70 bits per heavy atom. The number of aliphatic carboxylic acids is 1. The zero-order chi connectivity index (χ0) is 29.0. The van der Waals surface area contributed by atoms with E-state index in [2.05, 4.69) is 5.32 Å². The highest BCUT2D eigenvalue weighted by atomic mass is 16.7. The Kier molecular flexibility index (Phi) is 11.3. The lowest BCUT2D eigenvalue weighted by Crippen LogP contribution is -2.45. The van der Waals surface area contributed by atoms with E-state index in [0.29, 0.717) is 25.2 Å². The van der Waals surface area contributed by atoms with E-state index in [1.165, 1.54) is 0 Å². The average molecular weight is 553 g/mol. The lowest BCUT2D eigenvalue weighted by atomic mass is 9.76. The van der Waals surface area contributed by atoms with Gasteiger partial charge in [0.1, 0.15) is 24.6 Å². The van der Waals surface area contributed by atoms with Gasteiger partial charge in [-0.05, 0) is 76.4 Å². The average Bonchev–Trinajstić information content (AvgIpc) is 2.93. The second-order valence-electron chi connectivity index (χ2n) is 10.9. The monoisotopic (exact) mass is 552 g/mol. The van der Waals surface area contributed by atoms with Gasteiger partial charge in [0.05, 0.1) is 5.41 Å². The van der Waals surface area contributed by atoms with Crippen molar-refractivity contribution < 1.29 is 33.8 Å². The number of carbonyl (C=O) groups excluding carboxylic acids is 2. The Bertz CT molecular complexity index is 1120. The molecule has 1 atom stereocenters. The number of carboxylic acid groups (broad SMARTS) is 1. The predicted molar refractivity (Wildman–Crippen MR) is 150 cm³/mol. The summed E-state index contributed by atoms with van der Waals surface area (Å²) in [5, 5.41) is 13.9. The molecule has 1 aliphatic rings. The molecule has 3 rings (SSSR count). The summed E-state index contributed by atoms with van der Waals surface area (Å²) in [5.74, 6) is -0.693. The Morgan fingerprint density at radius 1 is 1.02 bits per heavy atom. The summed E-state index contributed by atoms with van der Waals surface area (Å²) in [6.07, 6.45) is 6.38. The van der Waals surface area contributed by atoms with Crippen LogP contribution < -0.4 is 10.1 Å². The van der Waals surface area contributed by atoms with Crippen molar-refractivity contribution in [2.24, 2.45) is 5.41 Å². The number of esters is 1. The van der Waals surface area contributed by atoms with Gasteiger partial charge in [0.25, 0.3) is 0 Å². The number of rotatable bonds is 14. The largest absolute Gasteiger partial charge is 0.490 e. The summed E-state index contributed by atoms with van der Waals surface area (Å²) >= 11 is 0. The minimum atomic E-state index is -1.18. The molecule has 1 unspecified atom stereocenters. The van der Waals surface area contributed by atoms with Gasteiger partial charge < -0.3 is 19.9 Å². The topological polar surface area (TPSA) is 114 Å². The maximum Gasteiger partial charge on any atom is 0.329 e. The standard InChI is InChI=1S/C31H40N2O7/c1-30(2,3)40-29(37)31(16-18-32-19-17-31)15-7-8-20-38-26-13-11-24(12-14-26)21-27(28(35)36)33(23-34)39-22-25-9-5-4-6-10-25/h4-14,23,27,32H,15-22H2,1-3H3,(H,35,36). The van der Waals surface area contributed by atoms with Gasteiger partial charge >= 0.3 is 11.9 Å². The van der Waals surface area contributed by atoms with Crippen molar-refractivity contribution in [3.63, 3.8) is 0 Å². The first kappa shape index (κ1) is 30.8. The van der Waals surface area contributed by atoms with Crippen LogP contribution in [0.3, 0.4) is 0 Å². The molecule has 0 bridgehead atoms. The Labute approximate surface area is 236 Å². The molecule has 2 N–H and O–H groups in total. The van der Waals surface area contributed by atoms with Crippen molar-refractivity contribution in [2.45, 2.75) is 64.7 Å². The van der Waals surface area contributed by atoms with Crippen molar-refractivity contribution in [1.82, 2.24) is 10.4 Å². The molecule has 1 saturated heterocycles. The van der Waals surface area contributed by atoms with E-state index in [-0.39, 0.29) is 19.0 Å². The number of ether oxygens (including phenoxy) is 2. The summed E-state index contributed by atoms with van der Waals surface area (Å²) in [4.78, 5) is 41.9. The number of nitrogens with zero attached hydrogens (tertiary/aromatic N) is 1. The van der Waals surface area contributed by atoms with E-state index >= 15 is 0 Å². The maximum absolute atomic E-state index is 13.0. The summed E-state index contributed by atoms with van der Waals surface area (Å²) in [6, 6.07) is 15.1. The molecule has 9 nitrogen and oxygen atoms in total. The van der Waals surface area contributed by atoms with Crippen LogP contribution in [0.2, 0.25) is 0 Å². The third kappa shape index (κ3) is 9.50. The van der Waals surface area contributed by atoms with E-state index in [4.69, 9.17) is 14.3 Å². The van der Waals surface area contributed by atoms with Crippen molar-refractivity contribution in [1.29, 1.82) is 0 Å². The quantitative estimate of drug-likeness (QED) is 0.154. The van der Waals surface area contributed by atoms with E-state index < -0.39 is 23.0 Å². The molecule has 0 radical (unpaired) electrons. The zero-order valence-electron chi connectivity index (χ0n) is 23.5. The summed E-state index contributed by atoms with van der Waals surface area (Å²) in [7, 11) is 0. The van der Waals surface area contributed by atoms with Crippen LogP contribution in [0, 0.1) is 5.41 Å². The molecular formula is C31H40N2O7. The van der Waals surface area contributed by atoms with E-state index in [9.17, 15) is 19.5 Å². The normalized spacial score (nSPS) is 15.8. The SMILES string of the molecule is CC(C)(C)OC(=O)C1(CC=CCOc2ccc(CC(C(=O)O)N(C=O)OCc3ccccc3)cc2)CCNCC1. The highest BCUT2D eigenvalue weighted by Crippen LogP contribution is 2.36. The molecule has 1 aliphatic heterocycles. The third-order valence-corrected chi connectivity index (χ3v) is 6.69. The van der Waals surface area contributed by atoms with E-state index in [1.807, 2.05) is 63.3 Å². The van der Waals surface area contributed by atoms with Gasteiger partial charge in [-0.2, -0.15) is 0 Å². The van der Waals surface area contributed by atoms with Crippen LogP contribution in [0.15, 0.2) is 66.7 Å². The predicted octanol–water partition coefficient (Wildman–Crippen LogP) is 4.31. The number of carboxylic acids is 1. The third-order valence-electron chi connectivity index (χ3n) is 6.69. The fourth-order valence-electron chi connectivity index (χ4n) is 4.45. The van der Waals surface area contributed by atoms with Crippen LogP contribution in [0.1, 0.15) is 51.2 Å². The number of amides is 1. The van der Waals surface area contributed by atoms with Crippen LogP contribution in [0.25, 0.3) is 0 Å². The molecule has 0 aliphatic carbocycles. The minimum Gasteiger partial charge on any atom is -0.490 e.